The average Bonchev–Trinajstić information content (AvgIpc) is 0.766. The molecular formula is C83H92Cl3N9O27. The van der Waals surface area contributed by atoms with E-state index in [0.717, 1.165) is 84.8 Å². The van der Waals surface area contributed by atoms with Crippen LogP contribution in [-0.2, 0) is 68.7 Å². The highest BCUT2D eigenvalue weighted by Crippen LogP contribution is 2.50. The van der Waals surface area contributed by atoms with Crippen molar-refractivity contribution in [3.8, 4) is 45.6 Å². The van der Waals surface area contributed by atoms with Crippen LogP contribution in [0.5, 0.6) is 34.5 Å². The number of nitrogens with one attached hydrogen (secondary N) is 8. The zero-order chi connectivity index (χ0) is 88.8. The largest absolute Gasteiger partial charge is 0.512 e. The number of carboxylic acids is 2. The summed E-state index contributed by atoms with van der Waals surface area (Å²) in [7, 11) is 1.46. The number of nitrogens with two attached hydrogens (primary N) is 1. The molecule has 7 amide bonds. The summed E-state index contributed by atoms with van der Waals surface area (Å²) in [6, 6.07) is 11.2. The van der Waals surface area contributed by atoms with E-state index in [1.54, 1.807) is 38.1 Å². The third-order valence-corrected chi connectivity index (χ3v) is 21.9. The number of rotatable bonds is 22. The van der Waals surface area contributed by atoms with Gasteiger partial charge >= 0.3 is 11.9 Å². The maximum atomic E-state index is 16.3. The summed E-state index contributed by atoms with van der Waals surface area (Å²) in [5, 5.41) is 147. The highest BCUT2D eigenvalue weighted by atomic mass is 35.5. The summed E-state index contributed by atoms with van der Waals surface area (Å²) < 4.78 is 45.0. The molecule has 7 aliphatic rings. The minimum Gasteiger partial charge on any atom is -0.512 e. The molecule has 13 rings (SSSR count). The van der Waals surface area contributed by atoms with Gasteiger partial charge in [-0.3, -0.25) is 33.6 Å². The number of primary amides is 1. The van der Waals surface area contributed by atoms with E-state index in [1.165, 1.54) is 27.0 Å². The lowest BCUT2D eigenvalue weighted by molar-refractivity contribution is -0.374. The van der Waals surface area contributed by atoms with Gasteiger partial charge in [0, 0.05) is 46.7 Å². The lowest BCUT2D eigenvalue weighted by atomic mass is 9.84. The number of aromatic hydroxyl groups is 1. The molecule has 0 spiro atoms. The Bertz CT molecular complexity index is 5080. The van der Waals surface area contributed by atoms with E-state index in [9.17, 15) is 80.1 Å². The van der Waals surface area contributed by atoms with Crippen LogP contribution in [0.25, 0.3) is 16.7 Å². The molecule has 7 heterocycles. The zero-order valence-corrected chi connectivity index (χ0v) is 68.4. The first-order chi connectivity index (χ1) is 57.6. The highest BCUT2D eigenvalue weighted by molar-refractivity contribution is 6.32. The first-order valence-corrected chi connectivity index (χ1v) is 39.4. The van der Waals surface area contributed by atoms with Crippen molar-refractivity contribution < 1.29 is 132 Å². The van der Waals surface area contributed by atoms with Gasteiger partial charge < -0.3 is 138 Å². The standard InChI is InChI=1S/C83H92Cl3N9O27/c1-35(2)22-51(88-7)73(105)94-66-68(102)43-15-20-55(49(85)25-43)118-57-27-45-28-58(71(57)121-81-70(54(100)30-83(115,34-96)122-81)120-61-31-82(6,72(104)38(5)117-61)89-32-59(79(111)112)116-33-39-8-10-40(11-9-39)41-12-17-46(84)18-13-41)119-56-21-16-44(26-50(56)86)69(103)67-78(110)93-65(80(113)114)48(23-36(3)97)62(37(4)98)47-24-42(14-19-53(47)99)63(75(107)95-67)92-76(108)64(45)91-74(106)52(29-60(87)101)90-77(66)109/h8-21,23-28,35,38,51-52,54,59,61,63-70,72,81,88-89,96-100,102-104,115H,3,22,29-34H2,1-2,4-7H3,(H2,87,101)(H,90,109)(H,91,106)(H,92,108)(H,93,110)(H,94,105)(H,95,107)(H,111,112)(H,113,114)/b48-23+,62-37+/t38?,51-,52+,54?,59?,61?,63?,64-,65-,66?,67+,68-,69-,70?,72?,81?,82?,83?/m1/s1. The summed E-state index contributed by atoms with van der Waals surface area (Å²) in [4.78, 5) is 131. The topological polar surface area (TPSA) is 563 Å². The van der Waals surface area contributed by atoms with Gasteiger partial charge in [-0.2, -0.15) is 0 Å². The van der Waals surface area contributed by atoms with Crippen LogP contribution in [0.15, 0.2) is 145 Å². The molecule has 21 N–H and O–H groups in total. The number of hydrogen-bond acceptors (Lipinski definition) is 27. The molecule has 11 bridgehead atoms. The van der Waals surface area contributed by atoms with Crippen LogP contribution >= 0.6 is 34.8 Å². The molecule has 652 valence electrons. The van der Waals surface area contributed by atoms with Crippen LogP contribution < -0.4 is 62.5 Å². The molecule has 0 radical (unpaired) electrons. The number of allylic oxidation sites excluding steroid dienone is 2. The van der Waals surface area contributed by atoms with Crippen LogP contribution in [0.1, 0.15) is 118 Å². The van der Waals surface area contributed by atoms with E-state index < -0.39 is 272 Å². The number of hydrogen-bond donors (Lipinski definition) is 20. The van der Waals surface area contributed by atoms with Crippen molar-refractivity contribution in [1.82, 2.24) is 42.5 Å². The summed E-state index contributed by atoms with van der Waals surface area (Å²) in [5.41, 5.74) is 3.32. The quantitative estimate of drug-likeness (QED) is 0.0412. The fourth-order valence-electron chi connectivity index (χ4n) is 14.7. The van der Waals surface area contributed by atoms with Crippen molar-refractivity contribution in [2.24, 2.45) is 11.7 Å². The van der Waals surface area contributed by atoms with Crippen molar-refractivity contribution in [2.75, 3.05) is 20.2 Å². The zero-order valence-electron chi connectivity index (χ0n) is 66.2. The smallest absolute Gasteiger partial charge is 0.334 e. The number of benzene rings is 6. The Morgan fingerprint density at radius 1 is 0.721 bits per heavy atom. The molecule has 36 nitrogen and oxygen atoms in total. The second-order valence-electron chi connectivity index (χ2n) is 30.6. The molecule has 0 aromatic heterocycles. The number of aliphatic carboxylic acids is 2. The average molecular weight is 1750 g/mol. The Morgan fingerprint density at radius 2 is 1.31 bits per heavy atom. The third-order valence-electron chi connectivity index (χ3n) is 21.1. The number of fused-ring (bicyclic) bond motifs is 13. The van der Waals surface area contributed by atoms with E-state index in [0.29, 0.717) is 10.6 Å². The van der Waals surface area contributed by atoms with Gasteiger partial charge in [0.2, 0.25) is 53.4 Å². The molecule has 6 aromatic carbocycles. The molecule has 7 aliphatic heterocycles. The number of ether oxygens (including phenoxy) is 7. The van der Waals surface area contributed by atoms with Gasteiger partial charge in [-0.25, -0.2) is 9.59 Å². The highest BCUT2D eigenvalue weighted by Gasteiger charge is 2.53. The number of carbonyl (C=O) groups excluding carboxylic acids is 7. The molecule has 122 heavy (non-hydrogen) atoms. The number of halogens is 3. The van der Waals surface area contributed by atoms with Crippen LogP contribution in [-0.4, -0.2) is 214 Å². The Hall–Kier alpha value is -11.0. The molecule has 2 fully saturated rings. The number of aliphatic hydroxyl groups excluding tert-OH is 7. The Labute approximate surface area is 711 Å². The van der Waals surface area contributed by atoms with Crippen molar-refractivity contribution in [3.05, 3.63) is 193 Å². The first-order valence-electron chi connectivity index (χ1n) is 38.3. The summed E-state index contributed by atoms with van der Waals surface area (Å²) in [6.45, 7) is 9.22. The van der Waals surface area contributed by atoms with E-state index in [-0.39, 0.29) is 36.5 Å². The summed E-state index contributed by atoms with van der Waals surface area (Å²) in [5.74, 6) is -20.9. The van der Waals surface area contributed by atoms with E-state index in [2.05, 4.69) is 49.1 Å². The Kier molecular flexibility index (Phi) is 29.0. The van der Waals surface area contributed by atoms with Gasteiger partial charge in [0.1, 0.15) is 71.5 Å². The molecular weight excluding hydrogens is 1660 g/mol. The third kappa shape index (κ3) is 21.2. The SMILES string of the molecule is C=C(O)/C=C1\C(=C(/C)O)c2cc(ccc2O)C2NC(=O)[C@@H]3NC(=O)[C@H](CC(N)=O)NC(=O)C(NC(=O)[C@@H](CC(C)C)NC)[C@H](O)c4ccc(c(Cl)c4)Oc4cc3cc(c4OC3OC(O)(CO)CC(O)C3OC3CC(C)(NCC(OCc4ccc(-c5ccc(Cl)cc5)cc4)C(=O)O)C(O)C(C)O3)Oc3ccc(cc3Cl)[C@@H](O)[C@H](NC2=O)C(=O)N[C@H]1C(=O)O. The van der Waals surface area contributed by atoms with Crippen molar-refractivity contribution >= 4 is 93.7 Å². The summed E-state index contributed by atoms with van der Waals surface area (Å²) >= 11 is 20.4. The van der Waals surface area contributed by atoms with Crippen LogP contribution in [0.3, 0.4) is 0 Å². The molecule has 0 aliphatic carbocycles. The van der Waals surface area contributed by atoms with Crippen LogP contribution in [0.2, 0.25) is 15.1 Å². The molecule has 11 unspecified atom stereocenters. The van der Waals surface area contributed by atoms with Crippen LogP contribution in [0.4, 0.5) is 0 Å². The van der Waals surface area contributed by atoms with Crippen molar-refractivity contribution in [3.63, 3.8) is 0 Å². The molecule has 39 heteroatoms. The fraction of sp³-hybridized carbons (Fsp3) is 0.386. The van der Waals surface area contributed by atoms with Gasteiger partial charge in [0.05, 0.1) is 59.8 Å². The lowest BCUT2D eigenvalue weighted by Gasteiger charge is -2.48. The second kappa shape index (κ2) is 38.6. The molecule has 0 saturated carbocycles. The monoisotopic (exact) mass is 1750 g/mol. The Balaban J connectivity index is 1.08. The van der Waals surface area contributed by atoms with E-state index >= 15 is 19.2 Å². The van der Waals surface area contributed by atoms with E-state index in [1.807, 2.05) is 24.3 Å². The first kappa shape index (κ1) is 91.7. The predicted octanol–water partition coefficient (Wildman–Crippen LogP) is 4.61. The number of phenolic OH excluding ortho intramolecular Hbond substituents is 1. The molecule has 18 atom stereocenters. The number of phenols is 1. The van der Waals surface area contributed by atoms with Gasteiger partial charge in [0.15, 0.2) is 35.7 Å². The number of aliphatic hydroxyl groups is 8. The minimum absolute atomic E-state index is 0.128. The number of carbonyl (C=O) groups is 9. The van der Waals surface area contributed by atoms with Crippen LogP contribution in [0, 0.1) is 5.92 Å². The lowest BCUT2D eigenvalue weighted by Crippen LogP contribution is -2.65. The Morgan fingerprint density at radius 3 is 1.88 bits per heavy atom. The number of amides is 7. The maximum Gasteiger partial charge on any atom is 0.334 e. The van der Waals surface area contributed by atoms with E-state index in [4.69, 9.17) is 73.7 Å². The molecule has 6 aromatic rings. The van der Waals surface area contributed by atoms with Gasteiger partial charge in [0.25, 0.3) is 0 Å². The maximum absolute atomic E-state index is 16.3. The number of likely N-dealkylation sites (N-methyl/N-ethyl adjacent to an activating group) is 1. The minimum atomic E-state index is -2.74. The van der Waals surface area contributed by atoms with Gasteiger partial charge in [-0.1, -0.05) is 110 Å². The number of carboxylic acid groups (broad SMARTS) is 2. The fourth-order valence-corrected chi connectivity index (χ4v) is 15.3. The predicted molar refractivity (Wildman–Crippen MR) is 433 cm³/mol. The normalized spacial score (nSPS) is 27.6. The second-order valence-corrected chi connectivity index (χ2v) is 31.9. The van der Waals surface area contributed by atoms with Gasteiger partial charge in [-0.15, -0.1) is 0 Å². The summed E-state index contributed by atoms with van der Waals surface area (Å²) in [6.07, 6.45) is -17.7. The van der Waals surface area contributed by atoms with Crippen molar-refractivity contribution in [1.29, 1.82) is 0 Å². The van der Waals surface area contributed by atoms with Crippen molar-refractivity contribution in [2.45, 2.75) is 176 Å². The van der Waals surface area contributed by atoms with Gasteiger partial charge in [-0.05, 0) is 146 Å². The molecule has 2 saturated heterocycles.